The molecule has 26 heavy (non-hydrogen) atoms. The maximum atomic E-state index is 12.3. The molecule has 1 unspecified atom stereocenters. The second kappa shape index (κ2) is 10.5. The lowest BCUT2D eigenvalue weighted by atomic mass is 10.1. The summed E-state index contributed by atoms with van der Waals surface area (Å²) in [5.41, 5.74) is 0.580. The van der Waals surface area contributed by atoms with Crippen LogP contribution in [0.2, 0.25) is 0 Å². The molecule has 0 aliphatic carbocycles. The summed E-state index contributed by atoms with van der Waals surface area (Å²) in [4.78, 5) is 58.1. The van der Waals surface area contributed by atoms with Crippen molar-refractivity contribution in [3.05, 3.63) is 48.0 Å². The summed E-state index contributed by atoms with van der Waals surface area (Å²) in [7, 11) is 0. The fourth-order valence-electron chi connectivity index (χ4n) is 1.81. The van der Waals surface area contributed by atoms with Crippen LogP contribution in [0.4, 0.5) is 0 Å². The molecule has 0 aromatic heterocycles. The lowest BCUT2D eigenvalue weighted by Gasteiger charge is -2.14. The number of ketones is 1. The van der Waals surface area contributed by atoms with E-state index in [0.717, 1.165) is 13.0 Å². The van der Waals surface area contributed by atoms with Crippen molar-refractivity contribution in [1.82, 2.24) is 0 Å². The van der Waals surface area contributed by atoms with Crippen LogP contribution in [-0.4, -0.2) is 42.4 Å². The highest BCUT2D eigenvalue weighted by atomic mass is 16.6. The molecule has 8 heteroatoms. The third kappa shape index (κ3) is 7.52. The molecule has 0 heterocycles. The number of hydrogen-bond donors (Lipinski definition) is 0. The Kier molecular flexibility index (Phi) is 8.42. The van der Waals surface area contributed by atoms with Gasteiger partial charge < -0.3 is 14.2 Å². The highest BCUT2D eigenvalue weighted by Gasteiger charge is 2.32. The van der Waals surface area contributed by atoms with E-state index in [1.54, 1.807) is 37.3 Å². The Bertz CT molecular complexity index is 705. The van der Waals surface area contributed by atoms with Crippen molar-refractivity contribution >= 4 is 29.7 Å². The molecule has 1 rings (SSSR count). The van der Waals surface area contributed by atoms with Crippen molar-refractivity contribution in [2.45, 2.75) is 26.4 Å². The number of benzene rings is 1. The minimum Gasteiger partial charge on any atom is -0.463 e. The lowest BCUT2D eigenvalue weighted by Crippen LogP contribution is -2.38. The summed E-state index contributed by atoms with van der Waals surface area (Å²) in [6.07, 6.45) is -0.644. The molecule has 0 fully saturated rings. The molecular formula is C18H18O8. The van der Waals surface area contributed by atoms with Crippen LogP contribution in [0.3, 0.4) is 0 Å². The molecule has 0 N–H and O–H groups in total. The molecule has 1 aromatic rings. The van der Waals surface area contributed by atoms with Crippen LogP contribution >= 0.6 is 0 Å². The Balaban J connectivity index is 2.85. The van der Waals surface area contributed by atoms with Crippen LogP contribution in [0.5, 0.6) is 0 Å². The standard InChI is InChI=1S/C18H18O8/c1-3-24-15(21)9-10-16(22)26-17(18(23)25-12(2)19)14(20)11-13-7-5-4-6-8-13/h4-10,17H,3,11H2,1-2H3. The van der Waals surface area contributed by atoms with Gasteiger partial charge in [0.1, 0.15) is 0 Å². The first-order chi connectivity index (χ1) is 12.3. The van der Waals surface area contributed by atoms with Gasteiger partial charge >= 0.3 is 23.9 Å². The van der Waals surface area contributed by atoms with Crippen molar-refractivity contribution in [3.8, 4) is 0 Å². The van der Waals surface area contributed by atoms with E-state index in [0.29, 0.717) is 11.6 Å². The minimum absolute atomic E-state index is 0.112. The maximum Gasteiger partial charge on any atom is 0.363 e. The van der Waals surface area contributed by atoms with Gasteiger partial charge in [0.15, 0.2) is 5.78 Å². The summed E-state index contributed by atoms with van der Waals surface area (Å²) in [5.74, 6) is -4.96. The molecule has 0 saturated carbocycles. The smallest absolute Gasteiger partial charge is 0.363 e. The molecule has 1 aromatic carbocycles. The Morgan fingerprint density at radius 3 is 2.19 bits per heavy atom. The van der Waals surface area contributed by atoms with E-state index in [9.17, 15) is 24.0 Å². The zero-order valence-corrected chi connectivity index (χ0v) is 14.3. The second-order valence-corrected chi connectivity index (χ2v) is 4.94. The van der Waals surface area contributed by atoms with Crippen LogP contribution < -0.4 is 0 Å². The first-order valence-corrected chi connectivity index (χ1v) is 7.67. The molecule has 0 saturated heterocycles. The highest BCUT2D eigenvalue weighted by Crippen LogP contribution is 2.07. The number of Topliss-reactive ketones (excluding diaryl/α,β-unsaturated/α-hetero) is 1. The van der Waals surface area contributed by atoms with Gasteiger partial charge in [0.2, 0.25) is 0 Å². The van der Waals surface area contributed by atoms with Crippen LogP contribution in [0.25, 0.3) is 0 Å². The van der Waals surface area contributed by atoms with Gasteiger partial charge in [0, 0.05) is 25.5 Å². The van der Waals surface area contributed by atoms with Crippen molar-refractivity contribution < 1.29 is 38.2 Å². The Hall–Kier alpha value is -3.29. The monoisotopic (exact) mass is 362 g/mol. The Morgan fingerprint density at radius 1 is 1.00 bits per heavy atom. The van der Waals surface area contributed by atoms with E-state index >= 15 is 0 Å². The van der Waals surface area contributed by atoms with Crippen LogP contribution in [0.1, 0.15) is 19.4 Å². The maximum absolute atomic E-state index is 12.3. The van der Waals surface area contributed by atoms with Crippen LogP contribution in [-0.2, 0) is 44.6 Å². The van der Waals surface area contributed by atoms with E-state index in [-0.39, 0.29) is 13.0 Å². The molecule has 0 bridgehead atoms. The Labute approximate surface area is 149 Å². The van der Waals surface area contributed by atoms with E-state index in [2.05, 4.69) is 9.47 Å². The largest absolute Gasteiger partial charge is 0.463 e. The first kappa shape index (κ1) is 20.8. The Morgan fingerprint density at radius 2 is 1.62 bits per heavy atom. The van der Waals surface area contributed by atoms with Crippen LogP contribution in [0, 0.1) is 0 Å². The first-order valence-electron chi connectivity index (χ1n) is 7.67. The fraction of sp³-hybridized carbons (Fsp3) is 0.278. The van der Waals surface area contributed by atoms with Gasteiger partial charge in [-0.2, -0.15) is 0 Å². The molecule has 0 aliphatic heterocycles. The molecule has 8 nitrogen and oxygen atoms in total. The van der Waals surface area contributed by atoms with E-state index in [4.69, 9.17) is 4.74 Å². The van der Waals surface area contributed by atoms with Gasteiger partial charge in [0.05, 0.1) is 6.61 Å². The summed E-state index contributed by atoms with van der Waals surface area (Å²) >= 11 is 0. The molecular weight excluding hydrogens is 344 g/mol. The van der Waals surface area contributed by atoms with Gasteiger partial charge in [0.25, 0.3) is 6.10 Å². The molecule has 0 radical (unpaired) electrons. The topological polar surface area (TPSA) is 113 Å². The van der Waals surface area contributed by atoms with E-state index < -0.39 is 35.8 Å². The predicted molar refractivity (Wildman–Crippen MR) is 87.6 cm³/mol. The predicted octanol–water partition coefficient (Wildman–Crippen LogP) is 0.919. The number of rotatable bonds is 8. The molecule has 1 atom stereocenters. The second-order valence-electron chi connectivity index (χ2n) is 4.94. The summed E-state index contributed by atoms with van der Waals surface area (Å²) < 4.78 is 13.7. The van der Waals surface area contributed by atoms with Crippen molar-refractivity contribution in [2.24, 2.45) is 0 Å². The zero-order chi connectivity index (χ0) is 19.5. The van der Waals surface area contributed by atoms with Crippen molar-refractivity contribution in [3.63, 3.8) is 0 Å². The number of ether oxygens (including phenoxy) is 3. The van der Waals surface area contributed by atoms with Gasteiger partial charge in [-0.15, -0.1) is 0 Å². The number of carbonyl (C=O) groups excluding carboxylic acids is 5. The number of esters is 4. The van der Waals surface area contributed by atoms with Gasteiger partial charge in [-0.1, -0.05) is 30.3 Å². The number of hydrogen-bond acceptors (Lipinski definition) is 8. The lowest BCUT2D eigenvalue weighted by molar-refractivity contribution is -0.173. The highest BCUT2D eigenvalue weighted by molar-refractivity contribution is 6.07. The molecule has 0 amide bonds. The number of carbonyl (C=O) groups is 5. The van der Waals surface area contributed by atoms with Gasteiger partial charge in [-0.25, -0.2) is 14.4 Å². The quantitative estimate of drug-likeness (QED) is 0.290. The van der Waals surface area contributed by atoms with Crippen molar-refractivity contribution in [1.29, 1.82) is 0 Å². The summed E-state index contributed by atoms with van der Waals surface area (Å²) in [6, 6.07) is 8.43. The van der Waals surface area contributed by atoms with Gasteiger partial charge in [-0.3, -0.25) is 9.59 Å². The average Bonchev–Trinajstić information content (AvgIpc) is 2.58. The average molecular weight is 362 g/mol. The fourth-order valence-corrected chi connectivity index (χ4v) is 1.81. The van der Waals surface area contributed by atoms with Gasteiger partial charge in [-0.05, 0) is 12.5 Å². The van der Waals surface area contributed by atoms with E-state index in [1.165, 1.54) is 0 Å². The normalized spacial score (nSPS) is 11.5. The minimum atomic E-state index is -1.93. The van der Waals surface area contributed by atoms with E-state index in [1.807, 2.05) is 0 Å². The summed E-state index contributed by atoms with van der Waals surface area (Å²) in [6.45, 7) is 2.67. The SMILES string of the molecule is CCOC(=O)C=CC(=O)OC(C(=O)Cc1ccccc1)C(=O)OC(C)=O. The molecule has 0 aliphatic rings. The molecule has 138 valence electrons. The van der Waals surface area contributed by atoms with Crippen LogP contribution in [0.15, 0.2) is 42.5 Å². The third-order valence-electron chi connectivity index (χ3n) is 2.85. The van der Waals surface area contributed by atoms with Crippen molar-refractivity contribution in [2.75, 3.05) is 6.61 Å². The third-order valence-corrected chi connectivity index (χ3v) is 2.85. The zero-order valence-electron chi connectivity index (χ0n) is 14.3. The summed E-state index contributed by atoms with van der Waals surface area (Å²) in [5, 5.41) is 0. The molecule has 0 spiro atoms.